The van der Waals surface area contributed by atoms with Crippen LogP contribution in [0, 0.1) is 11.6 Å². The van der Waals surface area contributed by atoms with Crippen molar-refractivity contribution in [2.24, 2.45) is 0 Å². The first-order valence-electron chi connectivity index (χ1n) is 5.57. The Balaban J connectivity index is 2.78. The predicted molar refractivity (Wildman–Crippen MR) is 65.1 cm³/mol. The van der Waals surface area contributed by atoms with Crippen LogP contribution in [0.5, 0.6) is 0 Å². The van der Waals surface area contributed by atoms with Crippen molar-refractivity contribution >= 4 is 17.6 Å². The number of carboxylic acids is 1. The van der Waals surface area contributed by atoms with Gasteiger partial charge in [0.05, 0.1) is 17.8 Å². The third-order valence-electron chi connectivity index (χ3n) is 2.20. The highest BCUT2D eigenvalue weighted by atomic mass is 19.2. The van der Waals surface area contributed by atoms with Gasteiger partial charge in [-0.05, 0) is 26.0 Å². The lowest BCUT2D eigenvalue weighted by atomic mass is 10.2. The molecule has 0 aromatic heterocycles. The molecule has 104 valence electrons. The van der Waals surface area contributed by atoms with Crippen molar-refractivity contribution in [2.45, 2.75) is 19.9 Å². The van der Waals surface area contributed by atoms with Gasteiger partial charge in [-0.25, -0.2) is 13.6 Å². The molecule has 0 atom stereocenters. The van der Waals surface area contributed by atoms with E-state index in [1.807, 2.05) is 0 Å². The number of nitrogens with one attached hydrogen (secondary N) is 2. The fourth-order valence-electron chi connectivity index (χ4n) is 1.40. The second-order valence-corrected chi connectivity index (χ2v) is 4.17. The summed E-state index contributed by atoms with van der Waals surface area (Å²) in [5.74, 6) is -4.71. The normalized spacial score (nSPS) is 10.4. The SMILES string of the molecule is CC(C)NC(=O)CNc1ccc(C(=O)O)c(F)c1F. The van der Waals surface area contributed by atoms with E-state index in [9.17, 15) is 18.4 Å². The van der Waals surface area contributed by atoms with Crippen molar-refractivity contribution in [3.8, 4) is 0 Å². The van der Waals surface area contributed by atoms with Gasteiger partial charge >= 0.3 is 5.97 Å². The van der Waals surface area contributed by atoms with Gasteiger partial charge in [0.25, 0.3) is 0 Å². The van der Waals surface area contributed by atoms with Crippen molar-refractivity contribution in [3.63, 3.8) is 0 Å². The summed E-state index contributed by atoms with van der Waals surface area (Å²) in [7, 11) is 0. The monoisotopic (exact) mass is 272 g/mol. The summed E-state index contributed by atoms with van der Waals surface area (Å²) in [4.78, 5) is 21.9. The van der Waals surface area contributed by atoms with Crippen LogP contribution in [0.25, 0.3) is 0 Å². The number of carboxylic acid groups (broad SMARTS) is 1. The van der Waals surface area contributed by atoms with Gasteiger partial charge < -0.3 is 15.7 Å². The van der Waals surface area contributed by atoms with Crippen LogP contribution in [-0.4, -0.2) is 29.6 Å². The number of benzene rings is 1. The van der Waals surface area contributed by atoms with Gasteiger partial charge in [-0.1, -0.05) is 0 Å². The first-order chi connectivity index (χ1) is 8.82. The molecule has 0 aliphatic heterocycles. The van der Waals surface area contributed by atoms with E-state index in [0.29, 0.717) is 0 Å². The Morgan fingerprint density at radius 1 is 1.26 bits per heavy atom. The maximum Gasteiger partial charge on any atom is 0.338 e. The number of carbonyl (C=O) groups excluding carboxylic acids is 1. The molecule has 1 aromatic carbocycles. The van der Waals surface area contributed by atoms with Crippen LogP contribution in [0.2, 0.25) is 0 Å². The fraction of sp³-hybridized carbons (Fsp3) is 0.333. The lowest BCUT2D eigenvalue weighted by molar-refractivity contribution is -0.119. The molecule has 3 N–H and O–H groups in total. The van der Waals surface area contributed by atoms with E-state index < -0.39 is 23.2 Å². The Hall–Kier alpha value is -2.18. The highest BCUT2D eigenvalue weighted by molar-refractivity contribution is 5.88. The Morgan fingerprint density at radius 3 is 2.42 bits per heavy atom. The van der Waals surface area contributed by atoms with E-state index in [0.717, 1.165) is 12.1 Å². The van der Waals surface area contributed by atoms with Crippen LogP contribution in [0.4, 0.5) is 14.5 Å². The number of amides is 1. The third kappa shape index (κ3) is 3.90. The lowest BCUT2D eigenvalue weighted by Gasteiger charge is -2.11. The quantitative estimate of drug-likeness (QED) is 0.760. The minimum Gasteiger partial charge on any atom is -0.478 e. The molecule has 0 aliphatic rings. The van der Waals surface area contributed by atoms with Crippen LogP contribution in [-0.2, 0) is 4.79 Å². The molecule has 1 amide bonds. The molecule has 0 radical (unpaired) electrons. The zero-order valence-electron chi connectivity index (χ0n) is 10.5. The standard InChI is InChI=1S/C12H14F2N2O3/c1-6(2)16-9(17)5-15-8-4-3-7(12(18)19)10(13)11(8)14/h3-4,6,15H,5H2,1-2H3,(H,16,17)(H,18,19). The molecule has 5 nitrogen and oxygen atoms in total. The van der Waals surface area contributed by atoms with Gasteiger partial charge in [-0.2, -0.15) is 0 Å². The van der Waals surface area contributed by atoms with Crippen molar-refractivity contribution in [1.29, 1.82) is 0 Å². The first kappa shape index (κ1) is 14.9. The van der Waals surface area contributed by atoms with E-state index in [4.69, 9.17) is 5.11 Å². The average molecular weight is 272 g/mol. The number of rotatable bonds is 5. The third-order valence-corrected chi connectivity index (χ3v) is 2.20. The van der Waals surface area contributed by atoms with Gasteiger partial charge in [-0.3, -0.25) is 4.79 Å². The summed E-state index contributed by atoms with van der Waals surface area (Å²) in [5, 5.41) is 13.6. The molecular weight excluding hydrogens is 258 g/mol. The summed E-state index contributed by atoms with van der Waals surface area (Å²) in [6.45, 7) is 3.29. The van der Waals surface area contributed by atoms with Gasteiger partial charge in [-0.15, -0.1) is 0 Å². The second kappa shape index (κ2) is 6.12. The van der Waals surface area contributed by atoms with E-state index in [-0.39, 0.29) is 24.2 Å². The molecule has 0 unspecified atom stereocenters. The fourth-order valence-corrected chi connectivity index (χ4v) is 1.40. The maximum atomic E-state index is 13.5. The number of anilines is 1. The Labute approximate surface area is 108 Å². The molecule has 0 fully saturated rings. The average Bonchev–Trinajstić information content (AvgIpc) is 2.29. The predicted octanol–water partition coefficient (Wildman–Crippen LogP) is 1.60. The number of carbonyl (C=O) groups is 2. The summed E-state index contributed by atoms with van der Waals surface area (Å²) in [6.07, 6.45) is 0. The molecular formula is C12H14F2N2O3. The number of aromatic carboxylic acids is 1. The Bertz CT molecular complexity index is 504. The number of hydrogen-bond acceptors (Lipinski definition) is 3. The Morgan fingerprint density at radius 2 is 1.89 bits per heavy atom. The molecule has 1 aromatic rings. The molecule has 1 rings (SSSR count). The topological polar surface area (TPSA) is 78.4 Å². The van der Waals surface area contributed by atoms with Crippen LogP contribution in [0.3, 0.4) is 0 Å². The molecule has 19 heavy (non-hydrogen) atoms. The molecule has 0 heterocycles. The molecule has 7 heteroatoms. The van der Waals surface area contributed by atoms with Crippen molar-refractivity contribution in [3.05, 3.63) is 29.3 Å². The highest BCUT2D eigenvalue weighted by Crippen LogP contribution is 2.20. The van der Waals surface area contributed by atoms with Crippen molar-refractivity contribution in [1.82, 2.24) is 5.32 Å². The van der Waals surface area contributed by atoms with Gasteiger partial charge in [0.15, 0.2) is 11.6 Å². The smallest absolute Gasteiger partial charge is 0.338 e. The zero-order valence-corrected chi connectivity index (χ0v) is 10.5. The minimum atomic E-state index is -1.56. The Kier molecular flexibility index (Phi) is 4.80. The number of halogens is 2. The molecule has 0 bridgehead atoms. The second-order valence-electron chi connectivity index (χ2n) is 4.17. The maximum absolute atomic E-state index is 13.5. The molecule has 0 saturated heterocycles. The zero-order chi connectivity index (χ0) is 14.6. The summed E-state index contributed by atoms with van der Waals surface area (Å²) in [6, 6.07) is 1.94. The van der Waals surface area contributed by atoms with Crippen LogP contribution in [0.15, 0.2) is 12.1 Å². The minimum absolute atomic E-state index is 0.0646. The number of hydrogen-bond donors (Lipinski definition) is 3. The van der Waals surface area contributed by atoms with E-state index >= 15 is 0 Å². The van der Waals surface area contributed by atoms with E-state index in [1.165, 1.54) is 0 Å². The van der Waals surface area contributed by atoms with Crippen LogP contribution >= 0.6 is 0 Å². The van der Waals surface area contributed by atoms with Crippen molar-refractivity contribution in [2.75, 3.05) is 11.9 Å². The van der Waals surface area contributed by atoms with Crippen LogP contribution in [0.1, 0.15) is 24.2 Å². The van der Waals surface area contributed by atoms with E-state index in [2.05, 4.69) is 10.6 Å². The van der Waals surface area contributed by atoms with Crippen LogP contribution < -0.4 is 10.6 Å². The summed E-state index contributed by atoms with van der Waals surface area (Å²) in [5.41, 5.74) is -1.02. The first-order valence-corrected chi connectivity index (χ1v) is 5.57. The van der Waals surface area contributed by atoms with Crippen molar-refractivity contribution < 1.29 is 23.5 Å². The molecule has 0 saturated carbocycles. The molecule has 0 aliphatic carbocycles. The largest absolute Gasteiger partial charge is 0.478 e. The summed E-state index contributed by atoms with van der Waals surface area (Å²) >= 11 is 0. The van der Waals surface area contributed by atoms with E-state index in [1.54, 1.807) is 13.8 Å². The highest BCUT2D eigenvalue weighted by Gasteiger charge is 2.18. The van der Waals surface area contributed by atoms with Gasteiger partial charge in [0.2, 0.25) is 5.91 Å². The van der Waals surface area contributed by atoms with Gasteiger partial charge in [0.1, 0.15) is 0 Å². The van der Waals surface area contributed by atoms with Gasteiger partial charge in [0, 0.05) is 6.04 Å². The molecule has 0 spiro atoms. The lowest BCUT2D eigenvalue weighted by Crippen LogP contribution is -2.35. The summed E-state index contributed by atoms with van der Waals surface area (Å²) < 4.78 is 26.9.